The first-order chi connectivity index (χ1) is 9.02. The molecule has 0 aliphatic rings. The molecule has 0 aliphatic heterocycles. The van der Waals surface area contributed by atoms with Crippen molar-refractivity contribution in [2.45, 2.75) is 12.2 Å². The quantitative estimate of drug-likeness (QED) is 0.920. The largest absolute Gasteiger partial charge is 0.416 e. The van der Waals surface area contributed by atoms with E-state index in [1.165, 1.54) is 6.07 Å². The number of aromatic nitrogens is 1. The Morgan fingerprint density at radius 3 is 2.42 bits per heavy atom. The van der Waals surface area contributed by atoms with E-state index in [2.05, 4.69) is 10.3 Å². The van der Waals surface area contributed by atoms with E-state index in [0.29, 0.717) is 5.56 Å². The van der Waals surface area contributed by atoms with E-state index in [1.54, 1.807) is 31.6 Å². The molecular formula is C14H13F3N2. The predicted octanol–water partition coefficient (Wildman–Crippen LogP) is 3.41. The maximum Gasteiger partial charge on any atom is 0.416 e. The summed E-state index contributed by atoms with van der Waals surface area (Å²) < 4.78 is 38.1. The zero-order valence-corrected chi connectivity index (χ0v) is 10.3. The van der Waals surface area contributed by atoms with Crippen molar-refractivity contribution in [3.05, 3.63) is 65.5 Å². The van der Waals surface area contributed by atoms with Crippen LogP contribution >= 0.6 is 0 Å². The third-order valence-corrected chi connectivity index (χ3v) is 2.85. The van der Waals surface area contributed by atoms with Crippen LogP contribution in [-0.2, 0) is 6.18 Å². The van der Waals surface area contributed by atoms with Crippen molar-refractivity contribution in [2.75, 3.05) is 7.05 Å². The third kappa shape index (κ3) is 3.12. The highest BCUT2D eigenvalue weighted by Crippen LogP contribution is 2.31. The molecule has 0 amide bonds. The Labute approximate surface area is 109 Å². The minimum atomic E-state index is -4.33. The highest BCUT2D eigenvalue weighted by atomic mass is 19.4. The maximum atomic E-state index is 12.7. The first kappa shape index (κ1) is 13.5. The molecule has 0 saturated carbocycles. The number of nitrogens with zero attached hydrogens (tertiary/aromatic N) is 1. The van der Waals surface area contributed by atoms with Gasteiger partial charge in [-0.05, 0) is 36.4 Å². The Morgan fingerprint density at radius 2 is 1.84 bits per heavy atom. The van der Waals surface area contributed by atoms with Crippen molar-refractivity contribution < 1.29 is 13.2 Å². The lowest BCUT2D eigenvalue weighted by Crippen LogP contribution is -2.18. The van der Waals surface area contributed by atoms with Gasteiger partial charge in [0.2, 0.25) is 0 Å². The second-order valence-electron chi connectivity index (χ2n) is 4.13. The third-order valence-electron chi connectivity index (χ3n) is 2.85. The van der Waals surface area contributed by atoms with Gasteiger partial charge in [0.15, 0.2) is 0 Å². The van der Waals surface area contributed by atoms with Crippen LogP contribution in [0.25, 0.3) is 0 Å². The number of halogens is 3. The summed E-state index contributed by atoms with van der Waals surface area (Å²) in [6.45, 7) is 0. The summed E-state index contributed by atoms with van der Waals surface area (Å²) in [7, 11) is 1.71. The fourth-order valence-corrected chi connectivity index (χ4v) is 1.97. The summed E-state index contributed by atoms with van der Waals surface area (Å²) >= 11 is 0. The molecule has 2 aromatic rings. The highest BCUT2D eigenvalue weighted by Gasteiger charge is 2.31. The second kappa shape index (κ2) is 5.40. The number of hydrogen-bond donors (Lipinski definition) is 1. The molecule has 1 aromatic heterocycles. The van der Waals surface area contributed by atoms with Crippen LogP contribution in [0.2, 0.25) is 0 Å². The lowest BCUT2D eigenvalue weighted by atomic mass is 9.98. The molecule has 19 heavy (non-hydrogen) atoms. The van der Waals surface area contributed by atoms with Gasteiger partial charge in [-0.2, -0.15) is 13.2 Å². The number of rotatable bonds is 3. The van der Waals surface area contributed by atoms with E-state index >= 15 is 0 Å². The molecule has 2 rings (SSSR count). The summed E-state index contributed by atoms with van der Waals surface area (Å²) in [5, 5.41) is 3.01. The van der Waals surface area contributed by atoms with E-state index in [-0.39, 0.29) is 6.04 Å². The Morgan fingerprint density at radius 1 is 1.11 bits per heavy atom. The van der Waals surface area contributed by atoms with Crippen LogP contribution in [0.1, 0.15) is 22.7 Å². The van der Waals surface area contributed by atoms with Crippen LogP contribution in [0.5, 0.6) is 0 Å². The van der Waals surface area contributed by atoms with E-state index in [0.717, 1.165) is 17.7 Å². The monoisotopic (exact) mass is 266 g/mol. The SMILES string of the molecule is CNC(c1cccnc1)c1cccc(C(F)(F)F)c1. The highest BCUT2D eigenvalue weighted by molar-refractivity contribution is 5.34. The Hall–Kier alpha value is -1.88. The molecule has 1 atom stereocenters. The average molecular weight is 266 g/mol. The van der Waals surface area contributed by atoms with Crippen LogP contribution in [0.3, 0.4) is 0 Å². The van der Waals surface area contributed by atoms with Gasteiger partial charge < -0.3 is 5.32 Å². The molecule has 1 heterocycles. The summed E-state index contributed by atoms with van der Waals surface area (Å²) in [5.74, 6) is 0. The summed E-state index contributed by atoms with van der Waals surface area (Å²) in [4.78, 5) is 3.99. The lowest BCUT2D eigenvalue weighted by molar-refractivity contribution is -0.137. The Balaban J connectivity index is 2.40. The number of benzene rings is 1. The second-order valence-corrected chi connectivity index (χ2v) is 4.13. The normalized spacial score (nSPS) is 13.3. The maximum absolute atomic E-state index is 12.7. The van der Waals surface area contributed by atoms with E-state index < -0.39 is 11.7 Å². The van der Waals surface area contributed by atoms with E-state index in [1.807, 2.05) is 6.07 Å². The van der Waals surface area contributed by atoms with Gasteiger partial charge in [0, 0.05) is 12.4 Å². The van der Waals surface area contributed by atoms with Crippen molar-refractivity contribution in [3.63, 3.8) is 0 Å². The lowest BCUT2D eigenvalue weighted by Gasteiger charge is -2.18. The minimum absolute atomic E-state index is 0.309. The van der Waals surface area contributed by atoms with Crippen LogP contribution < -0.4 is 5.32 Å². The number of alkyl halides is 3. The van der Waals surface area contributed by atoms with Crippen molar-refractivity contribution in [2.24, 2.45) is 0 Å². The molecule has 0 bridgehead atoms. The Kier molecular flexibility index (Phi) is 3.85. The van der Waals surface area contributed by atoms with Gasteiger partial charge in [0.05, 0.1) is 11.6 Å². The first-order valence-electron chi connectivity index (χ1n) is 5.76. The van der Waals surface area contributed by atoms with Gasteiger partial charge >= 0.3 is 6.18 Å². The van der Waals surface area contributed by atoms with Crippen LogP contribution in [0.15, 0.2) is 48.8 Å². The van der Waals surface area contributed by atoms with Crippen molar-refractivity contribution in [1.29, 1.82) is 0 Å². The van der Waals surface area contributed by atoms with Crippen molar-refractivity contribution in [1.82, 2.24) is 10.3 Å². The van der Waals surface area contributed by atoms with Gasteiger partial charge in [-0.15, -0.1) is 0 Å². The topological polar surface area (TPSA) is 24.9 Å². The fourth-order valence-electron chi connectivity index (χ4n) is 1.97. The zero-order valence-electron chi connectivity index (χ0n) is 10.3. The van der Waals surface area contributed by atoms with Crippen LogP contribution in [0, 0.1) is 0 Å². The molecule has 0 spiro atoms. The van der Waals surface area contributed by atoms with Gasteiger partial charge in [0.25, 0.3) is 0 Å². The summed E-state index contributed by atoms with van der Waals surface area (Å²) in [6.07, 6.45) is -1.06. The Bertz CT molecular complexity index is 538. The molecule has 1 aromatic carbocycles. The molecule has 1 N–H and O–H groups in total. The molecule has 5 heteroatoms. The van der Waals surface area contributed by atoms with E-state index in [9.17, 15) is 13.2 Å². The average Bonchev–Trinajstić information content (AvgIpc) is 2.40. The van der Waals surface area contributed by atoms with Gasteiger partial charge in [-0.3, -0.25) is 4.98 Å². The van der Waals surface area contributed by atoms with E-state index in [4.69, 9.17) is 0 Å². The minimum Gasteiger partial charge on any atom is -0.309 e. The zero-order chi connectivity index (χ0) is 13.9. The van der Waals surface area contributed by atoms with Crippen molar-refractivity contribution >= 4 is 0 Å². The van der Waals surface area contributed by atoms with Gasteiger partial charge in [-0.25, -0.2) is 0 Å². The molecule has 1 unspecified atom stereocenters. The van der Waals surface area contributed by atoms with Crippen LogP contribution in [0.4, 0.5) is 13.2 Å². The smallest absolute Gasteiger partial charge is 0.309 e. The van der Waals surface area contributed by atoms with Crippen molar-refractivity contribution in [3.8, 4) is 0 Å². The van der Waals surface area contributed by atoms with Crippen LogP contribution in [-0.4, -0.2) is 12.0 Å². The molecule has 0 aliphatic carbocycles. The van der Waals surface area contributed by atoms with Gasteiger partial charge in [-0.1, -0.05) is 18.2 Å². The standard InChI is InChI=1S/C14H13F3N2/c1-18-13(11-5-3-7-19-9-11)10-4-2-6-12(8-10)14(15,16)17/h2-9,13,18H,1H3. The molecular weight excluding hydrogens is 253 g/mol. The molecule has 0 saturated heterocycles. The number of pyridine rings is 1. The summed E-state index contributed by atoms with van der Waals surface area (Å²) in [6, 6.07) is 8.59. The summed E-state index contributed by atoms with van der Waals surface area (Å²) in [5.41, 5.74) is 0.740. The predicted molar refractivity (Wildman–Crippen MR) is 66.6 cm³/mol. The number of hydrogen-bond acceptors (Lipinski definition) is 2. The molecule has 0 fully saturated rings. The van der Waals surface area contributed by atoms with Gasteiger partial charge in [0.1, 0.15) is 0 Å². The molecule has 2 nitrogen and oxygen atoms in total. The fraction of sp³-hybridized carbons (Fsp3) is 0.214. The number of nitrogens with one attached hydrogen (secondary N) is 1. The molecule has 0 radical (unpaired) electrons. The molecule has 100 valence electrons. The first-order valence-corrected chi connectivity index (χ1v) is 5.76.